The highest BCUT2D eigenvalue weighted by Crippen LogP contribution is 2.08. The molecular formula is C13H17IO2. The molecule has 16 heavy (non-hydrogen) atoms. The van der Waals surface area contributed by atoms with E-state index in [0.717, 1.165) is 15.6 Å². The molecule has 0 aliphatic carbocycles. The van der Waals surface area contributed by atoms with Crippen molar-refractivity contribution in [2.45, 2.75) is 20.3 Å². The molecule has 3 heteroatoms. The van der Waals surface area contributed by atoms with Crippen molar-refractivity contribution in [2.24, 2.45) is 5.92 Å². The Labute approximate surface area is 111 Å². The highest BCUT2D eigenvalue weighted by Gasteiger charge is 2.05. The van der Waals surface area contributed by atoms with E-state index in [9.17, 15) is 4.79 Å². The van der Waals surface area contributed by atoms with Gasteiger partial charge in [0.15, 0.2) is 5.78 Å². The second-order valence-electron chi connectivity index (χ2n) is 4.17. The molecule has 1 aromatic rings. The molecule has 0 radical (unpaired) electrons. The fourth-order valence-electron chi connectivity index (χ4n) is 1.20. The van der Waals surface area contributed by atoms with Crippen LogP contribution in [0.2, 0.25) is 0 Å². The quantitative estimate of drug-likeness (QED) is 0.453. The average molecular weight is 332 g/mol. The van der Waals surface area contributed by atoms with Gasteiger partial charge < -0.3 is 4.74 Å². The Morgan fingerprint density at radius 1 is 1.31 bits per heavy atom. The van der Waals surface area contributed by atoms with Gasteiger partial charge in [-0.2, -0.15) is 0 Å². The number of benzene rings is 1. The van der Waals surface area contributed by atoms with Gasteiger partial charge in [0.25, 0.3) is 0 Å². The zero-order valence-corrected chi connectivity index (χ0v) is 11.9. The summed E-state index contributed by atoms with van der Waals surface area (Å²) < 4.78 is 6.47. The van der Waals surface area contributed by atoms with Crippen molar-refractivity contribution in [3.05, 3.63) is 33.4 Å². The third-order valence-corrected chi connectivity index (χ3v) is 2.96. The molecule has 0 fully saturated rings. The van der Waals surface area contributed by atoms with Crippen LogP contribution in [0, 0.1) is 9.49 Å². The van der Waals surface area contributed by atoms with E-state index >= 15 is 0 Å². The predicted molar refractivity (Wildman–Crippen MR) is 73.8 cm³/mol. The molecule has 1 rings (SSSR count). The Hall–Kier alpha value is -0.420. The molecular weight excluding hydrogens is 315 g/mol. The number of hydrogen-bond donors (Lipinski definition) is 0. The van der Waals surface area contributed by atoms with Gasteiger partial charge >= 0.3 is 0 Å². The fourth-order valence-corrected chi connectivity index (χ4v) is 1.56. The Kier molecular flexibility index (Phi) is 5.98. The number of carbonyl (C=O) groups excluding carboxylic acids is 1. The number of ether oxygens (including phenoxy) is 1. The molecule has 0 N–H and O–H groups in total. The molecule has 0 bridgehead atoms. The van der Waals surface area contributed by atoms with Gasteiger partial charge in [0.05, 0.1) is 0 Å². The minimum atomic E-state index is 0.0557. The Balaban J connectivity index is 2.32. The third kappa shape index (κ3) is 5.07. The molecule has 0 saturated heterocycles. The first kappa shape index (κ1) is 13.6. The van der Waals surface area contributed by atoms with Crippen LogP contribution in [-0.2, 0) is 4.74 Å². The van der Waals surface area contributed by atoms with Crippen LogP contribution >= 0.6 is 22.6 Å². The van der Waals surface area contributed by atoms with Crippen molar-refractivity contribution in [3.8, 4) is 0 Å². The highest BCUT2D eigenvalue weighted by atomic mass is 127. The summed E-state index contributed by atoms with van der Waals surface area (Å²) in [5, 5.41) is 0. The summed E-state index contributed by atoms with van der Waals surface area (Å²) in [6, 6.07) is 7.55. The fraction of sp³-hybridized carbons (Fsp3) is 0.462. The van der Waals surface area contributed by atoms with E-state index in [-0.39, 0.29) is 12.4 Å². The summed E-state index contributed by atoms with van der Waals surface area (Å²) in [6.07, 6.45) is 1.000. The first-order chi connectivity index (χ1) is 7.59. The summed E-state index contributed by atoms with van der Waals surface area (Å²) in [5.74, 6) is 0.675. The van der Waals surface area contributed by atoms with Crippen molar-refractivity contribution in [3.63, 3.8) is 0 Å². The predicted octanol–water partition coefficient (Wildman–Crippen LogP) is 3.54. The maximum Gasteiger partial charge on any atom is 0.188 e. The normalized spacial score (nSPS) is 10.8. The SMILES string of the molecule is CC(C)CCOCC(=O)c1ccc(I)cc1. The average Bonchev–Trinajstić information content (AvgIpc) is 2.25. The molecule has 1 aromatic carbocycles. The second-order valence-corrected chi connectivity index (χ2v) is 5.41. The molecule has 0 aliphatic heterocycles. The summed E-state index contributed by atoms with van der Waals surface area (Å²) in [5.41, 5.74) is 0.727. The largest absolute Gasteiger partial charge is 0.373 e. The molecule has 0 spiro atoms. The summed E-state index contributed by atoms with van der Waals surface area (Å²) >= 11 is 2.22. The summed E-state index contributed by atoms with van der Waals surface area (Å²) in [6.45, 7) is 5.13. The molecule has 0 unspecified atom stereocenters. The number of Topliss-reactive ketones (excluding diaryl/α,β-unsaturated/α-hetero) is 1. The van der Waals surface area contributed by atoms with Crippen molar-refractivity contribution < 1.29 is 9.53 Å². The third-order valence-electron chi connectivity index (χ3n) is 2.24. The molecule has 0 amide bonds. The van der Waals surface area contributed by atoms with Gasteiger partial charge in [-0.05, 0) is 47.1 Å². The van der Waals surface area contributed by atoms with Crippen LogP contribution in [0.25, 0.3) is 0 Å². The Bertz CT molecular complexity index is 330. The summed E-state index contributed by atoms with van der Waals surface area (Å²) in [7, 11) is 0. The van der Waals surface area contributed by atoms with Crippen molar-refractivity contribution >= 4 is 28.4 Å². The summed E-state index contributed by atoms with van der Waals surface area (Å²) in [4.78, 5) is 11.7. The molecule has 2 nitrogen and oxygen atoms in total. The second kappa shape index (κ2) is 7.01. The lowest BCUT2D eigenvalue weighted by molar-refractivity contribution is 0.0739. The highest BCUT2D eigenvalue weighted by molar-refractivity contribution is 14.1. The van der Waals surface area contributed by atoms with E-state index < -0.39 is 0 Å². The lowest BCUT2D eigenvalue weighted by Crippen LogP contribution is -2.10. The van der Waals surface area contributed by atoms with Crippen molar-refractivity contribution in [1.29, 1.82) is 0 Å². The van der Waals surface area contributed by atoms with Crippen LogP contribution in [-0.4, -0.2) is 19.0 Å². The van der Waals surface area contributed by atoms with Gasteiger partial charge in [0.1, 0.15) is 6.61 Å². The van der Waals surface area contributed by atoms with Gasteiger partial charge in [-0.15, -0.1) is 0 Å². The molecule has 0 aromatic heterocycles. The number of halogens is 1. The topological polar surface area (TPSA) is 26.3 Å². The van der Waals surface area contributed by atoms with E-state index in [0.29, 0.717) is 12.5 Å². The maximum atomic E-state index is 11.7. The minimum Gasteiger partial charge on any atom is -0.373 e. The van der Waals surface area contributed by atoms with E-state index in [2.05, 4.69) is 36.4 Å². The van der Waals surface area contributed by atoms with Gasteiger partial charge in [0.2, 0.25) is 0 Å². The van der Waals surface area contributed by atoms with E-state index in [1.807, 2.05) is 24.3 Å². The number of carbonyl (C=O) groups is 1. The van der Waals surface area contributed by atoms with Crippen LogP contribution in [0.3, 0.4) is 0 Å². The van der Waals surface area contributed by atoms with Crippen LogP contribution in [0.15, 0.2) is 24.3 Å². The Morgan fingerprint density at radius 2 is 1.94 bits per heavy atom. The zero-order chi connectivity index (χ0) is 12.0. The van der Waals surface area contributed by atoms with Crippen LogP contribution in [0.5, 0.6) is 0 Å². The van der Waals surface area contributed by atoms with Gasteiger partial charge in [-0.1, -0.05) is 26.0 Å². The first-order valence-electron chi connectivity index (χ1n) is 5.46. The van der Waals surface area contributed by atoms with Gasteiger partial charge in [-0.25, -0.2) is 0 Å². The van der Waals surface area contributed by atoms with Gasteiger partial charge in [-0.3, -0.25) is 4.79 Å². The maximum absolute atomic E-state index is 11.7. The number of ketones is 1. The zero-order valence-electron chi connectivity index (χ0n) is 9.70. The monoisotopic (exact) mass is 332 g/mol. The number of rotatable bonds is 6. The van der Waals surface area contributed by atoms with E-state index in [1.165, 1.54) is 0 Å². The minimum absolute atomic E-state index is 0.0557. The van der Waals surface area contributed by atoms with Gasteiger partial charge in [0, 0.05) is 15.7 Å². The lowest BCUT2D eigenvalue weighted by Gasteiger charge is -2.05. The van der Waals surface area contributed by atoms with Crippen molar-refractivity contribution in [1.82, 2.24) is 0 Å². The molecule has 0 aliphatic rings. The molecule has 0 saturated carbocycles. The molecule has 0 atom stereocenters. The van der Waals surface area contributed by atoms with E-state index in [1.54, 1.807) is 0 Å². The lowest BCUT2D eigenvalue weighted by atomic mass is 10.1. The first-order valence-corrected chi connectivity index (χ1v) is 6.54. The van der Waals surface area contributed by atoms with E-state index in [4.69, 9.17) is 4.74 Å². The standard InChI is InChI=1S/C13H17IO2/c1-10(2)7-8-16-9-13(15)11-3-5-12(14)6-4-11/h3-6,10H,7-9H2,1-2H3. The van der Waals surface area contributed by atoms with Crippen LogP contribution in [0.4, 0.5) is 0 Å². The van der Waals surface area contributed by atoms with Crippen LogP contribution < -0.4 is 0 Å². The van der Waals surface area contributed by atoms with Crippen molar-refractivity contribution in [2.75, 3.05) is 13.2 Å². The van der Waals surface area contributed by atoms with Crippen LogP contribution in [0.1, 0.15) is 30.6 Å². The number of hydrogen-bond acceptors (Lipinski definition) is 2. The molecule has 88 valence electrons. The molecule has 0 heterocycles. The smallest absolute Gasteiger partial charge is 0.188 e. The Morgan fingerprint density at radius 3 is 2.50 bits per heavy atom.